The summed E-state index contributed by atoms with van der Waals surface area (Å²) in [6.07, 6.45) is 0. The van der Waals surface area contributed by atoms with Crippen molar-refractivity contribution in [3.8, 4) is 44.9 Å². The van der Waals surface area contributed by atoms with E-state index in [0.717, 1.165) is 33.5 Å². The van der Waals surface area contributed by atoms with E-state index in [1.54, 1.807) is 0 Å². The molecule has 14 aromatic rings. The molecule has 4 heteroatoms. The van der Waals surface area contributed by atoms with Crippen molar-refractivity contribution in [1.82, 2.24) is 14.1 Å². The maximum absolute atomic E-state index is 5.60. The lowest BCUT2D eigenvalue weighted by Crippen LogP contribution is -2.25. The molecule has 2 aliphatic carbocycles. The van der Waals surface area contributed by atoms with Crippen LogP contribution in [0, 0.1) is 0 Å². The summed E-state index contributed by atoms with van der Waals surface area (Å²) in [4.78, 5) is 6.84. The van der Waals surface area contributed by atoms with Crippen molar-refractivity contribution in [2.24, 2.45) is 0 Å². The molecule has 16 rings (SSSR count). The summed E-state index contributed by atoms with van der Waals surface area (Å²) in [5, 5.41) is 9.92. The second-order valence-electron chi connectivity index (χ2n) is 18.5. The Labute approximate surface area is 395 Å². The van der Waals surface area contributed by atoms with E-state index in [2.05, 4.69) is 234 Å². The van der Waals surface area contributed by atoms with Gasteiger partial charge in [-0.15, -0.1) is 11.3 Å². The SMILES string of the molecule is c1ccc(-n2c3ccccc3c3cc4c(cc32)c2c3ccccc3sc2n4-c2cccc(-c3nc4ccccc4c4c5c(ccc34)C3(c4ccccc4-c4ccccc43)c3ccccc3-5)c2)cc1. The molecular formula is C64H37N3S. The first-order chi connectivity index (χ1) is 33.8. The highest BCUT2D eigenvalue weighted by Gasteiger charge is 2.52. The van der Waals surface area contributed by atoms with E-state index in [-0.39, 0.29) is 0 Å². The highest BCUT2D eigenvalue weighted by molar-refractivity contribution is 7.25. The van der Waals surface area contributed by atoms with Crippen molar-refractivity contribution in [3.63, 3.8) is 0 Å². The number of fused-ring (bicyclic) bond motifs is 22. The van der Waals surface area contributed by atoms with Crippen LogP contribution in [0.3, 0.4) is 0 Å². The second-order valence-corrected chi connectivity index (χ2v) is 19.5. The fraction of sp³-hybridized carbons (Fsp3) is 0.0156. The standard InChI is InChI=1S/C64H37N3S/c1-2-18-39(19-3-1)66-55-31-14-8-23-43(55)48-36-57-49(37-56(48)66)60-46-26-9-15-32-58(46)68-63(60)67(57)40-20-16-17-38(35-40)62-47-33-34-53-61(59(47)45-25-7-13-30-54(45)65-62)44-24-6-12-29-52(44)64(53)50-27-10-4-21-41(50)42-22-5-11-28-51(42)64/h1-37H. The van der Waals surface area contributed by atoms with Crippen molar-refractivity contribution in [2.75, 3.05) is 0 Å². The molecule has 1 spiro atoms. The molecule has 0 radical (unpaired) electrons. The molecule has 3 nitrogen and oxygen atoms in total. The van der Waals surface area contributed by atoms with Gasteiger partial charge in [-0.05, 0) is 99.1 Å². The van der Waals surface area contributed by atoms with E-state index in [4.69, 9.17) is 4.98 Å². The van der Waals surface area contributed by atoms with Crippen LogP contribution >= 0.6 is 11.3 Å². The first-order valence-corrected chi connectivity index (χ1v) is 24.3. The maximum Gasteiger partial charge on any atom is 0.109 e. The summed E-state index contributed by atoms with van der Waals surface area (Å²) in [5.74, 6) is 0. The molecular weight excluding hydrogens is 843 g/mol. The van der Waals surface area contributed by atoms with Crippen molar-refractivity contribution in [2.45, 2.75) is 5.41 Å². The van der Waals surface area contributed by atoms with Gasteiger partial charge in [-0.2, -0.15) is 0 Å². The lowest BCUT2D eigenvalue weighted by Gasteiger charge is -2.30. The molecule has 0 bridgehead atoms. The molecule has 314 valence electrons. The average molecular weight is 880 g/mol. The summed E-state index contributed by atoms with van der Waals surface area (Å²) in [6.45, 7) is 0. The van der Waals surface area contributed by atoms with Crippen molar-refractivity contribution >= 4 is 86.0 Å². The van der Waals surface area contributed by atoms with Crippen LogP contribution in [0.15, 0.2) is 224 Å². The largest absolute Gasteiger partial charge is 0.309 e. The van der Waals surface area contributed by atoms with Crippen LogP contribution in [0.25, 0.3) is 120 Å². The molecule has 0 amide bonds. The van der Waals surface area contributed by atoms with E-state index >= 15 is 0 Å². The molecule has 4 aromatic heterocycles. The van der Waals surface area contributed by atoms with E-state index in [1.807, 2.05) is 11.3 Å². The molecule has 10 aromatic carbocycles. The molecule has 2 aliphatic rings. The third kappa shape index (κ3) is 4.55. The summed E-state index contributed by atoms with van der Waals surface area (Å²) >= 11 is 1.88. The lowest BCUT2D eigenvalue weighted by molar-refractivity contribution is 0.794. The van der Waals surface area contributed by atoms with Crippen LogP contribution in [-0.4, -0.2) is 14.1 Å². The lowest BCUT2D eigenvalue weighted by atomic mass is 9.70. The van der Waals surface area contributed by atoms with Crippen LogP contribution < -0.4 is 0 Å². The van der Waals surface area contributed by atoms with Gasteiger partial charge in [0, 0.05) is 64.7 Å². The summed E-state index contributed by atoms with van der Waals surface area (Å²) in [5.41, 5.74) is 19.2. The minimum absolute atomic E-state index is 0.429. The first kappa shape index (κ1) is 36.6. The molecule has 68 heavy (non-hydrogen) atoms. The topological polar surface area (TPSA) is 22.8 Å². The zero-order valence-electron chi connectivity index (χ0n) is 36.6. The third-order valence-corrected chi connectivity index (χ3v) is 16.5. The smallest absolute Gasteiger partial charge is 0.109 e. The molecule has 0 atom stereocenters. The Hall–Kier alpha value is -8.57. The van der Waals surface area contributed by atoms with Gasteiger partial charge in [0.15, 0.2) is 0 Å². The van der Waals surface area contributed by atoms with Crippen LogP contribution in [0.4, 0.5) is 0 Å². The Morgan fingerprint density at radius 3 is 1.79 bits per heavy atom. The molecule has 0 saturated heterocycles. The van der Waals surface area contributed by atoms with Gasteiger partial charge in [0.25, 0.3) is 0 Å². The number of hydrogen-bond donors (Lipinski definition) is 0. The predicted molar refractivity (Wildman–Crippen MR) is 285 cm³/mol. The quantitative estimate of drug-likeness (QED) is 0.162. The molecule has 0 unspecified atom stereocenters. The number of pyridine rings is 1. The van der Waals surface area contributed by atoms with Gasteiger partial charge in [0.2, 0.25) is 0 Å². The number of nitrogens with zero attached hydrogens (tertiary/aromatic N) is 3. The highest BCUT2D eigenvalue weighted by atomic mass is 32.1. The monoisotopic (exact) mass is 879 g/mol. The summed E-state index contributed by atoms with van der Waals surface area (Å²) in [7, 11) is 0. The average Bonchev–Trinajstić information content (AvgIpc) is 4.18. The van der Waals surface area contributed by atoms with E-state index in [0.29, 0.717) is 0 Å². The van der Waals surface area contributed by atoms with Gasteiger partial charge in [-0.1, -0.05) is 170 Å². The second kappa shape index (κ2) is 13.3. The Morgan fingerprint density at radius 1 is 0.368 bits per heavy atom. The predicted octanol–water partition coefficient (Wildman–Crippen LogP) is 16.8. The van der Waals surface area contributed by atoms with E-state index in [9.17, 15) is 0 Å². The summed E-state index contributed by atoms with van der Waals surface area (Å²) in [6, 6.07) is 83.4. The molecule has 0 fully saturated rings. The van der Waals surface area contributed by atoms with Crippen LogP contribution in [-0.2, 0) is 5.41 Å². The zero-order chi connectivity index (χ0) is 44.2. The molecule has 0 aliphatic heterocycles. The van der Waals surface area contributed by atoms with Gasteiger partial charge >= 0.3 is 0 Å². The Morgan fingerprint density at radius 2 is 0.985 bits per heavy atom. The Balaban J connectivity index is 0.977. The van der Waals surface area contributed by atoms with Gasteiger partial charge in [-0.3, -0.25) is 0 Å². The van der Waals surface area contributed by atoms with Crippen LogP contribution in [0.1, 0.15) is 22.3 Å². The number of rotatable bonds is 3. The third-order valence-electron chi connectivity index (χ3n) is 15.3. The zero-order valence-corrected chi connectivity index (χ0v) is 37.4. The fourth-order valence-corrected chi connectivity index (χ4v) is 13.9. The molecule has 0 N–H and O–H groups in total. The Kier molecular flexibility index (Phi) is 7.16. The van der Waals surface area contributed by atoms with Crippen molar-refractivity contribution < 1.29 is 0 Å². The number of aromatic nitrogens is 3. The van der Waals surface area contributed by atoms with Crippen molar-refractivity contribution in [3.05, 3.63) is 247 Å². The molecule has 0 saturated carbocycles. The van der Waals surface area contributed by atoms with Crippen LogP contribution in [0.2, 0.25) is 0 Å². The van der Waals surface area contributed by atoms with Gasteiger partial charge in [0.05, 0.1) is 33.2 Å². The minimum Gasteiger partial charge on any atom is -0.309 e. The number of thiophene rings is 1. The number of para-hydroxylation sites is 3. The number of benzene rings is 10. The maximum atomic E-state index is 5.60. The van der Waals surface area contributed by atoms with Gasteiger partial charge in [-0.25, -0.2) is 4.98 Å². The van der Waals surface area contributed by atoms with Crippen molar-refractivity contribution in [1.29, 1.82) is 0 Å². The first-order valence-electron chi connectivity index (χ1n) is 23.5. The minimum atomic E-state index is -0.429. The highest BCUT2D eigenvalue weighted by Crippen LogP contribution is 2.64. The van der Waals surface area contributed by atoms with E-state index < -0.39 is 5.41 Å². The van der Waals surface area contributed by atoms with Gasteiger partial charge in [0.1, 0.15) is 4.83 Å². The Bertz CT molecular complexity index is 4460. The van der Waals surface area contributed by atoms with Crippen LogP contribution in [0.5, 0.6) is 0 Å². The summed E-state index contributed by atoms with van der Waals surface area (Å²) < 4.78 is 6.23. The molecule has 4 heterocycles. The number of hydrogen-bond acceptors (Lipinski definition) is 2. The normalized spacial score (nSPS) is 13.4. The van der Waals surface area contributed by atoms with E-state index in [1.165, 1.54) is 108 Å². The van der Waals surface area contributed by atoms with Gasteiger partial charge < -0.3 is 9.13 Å². The fourth-order valence-electron chi connectivity index (χ4n) is 12.7.